The number of rotatable bonds is 2. The van der Waals surface area contributed by atoms with Crippen molar-refractivity contribution < 1.29 is 4.39 Å². The van der Waals surface area contributed by atoms with Crippen molar-refractivity contribution in [2.45, 2.75) is 20.0 Å². The van der Waals surface area contributed by atoms with E-state index in [0.717, 1.165) is 35.3 Å². The molecule has 6 heteroatoms. The number of allylic oxidation sites excluding steroid dienone is 1. The number of aromatic amines is 1. The Morgan fingerprint density at radius 3 is 2.79 bits per heavy atom. The fraction of sp³-hybridized carbons (Fsp3) is 0.182. The van der Waals surface area contributed by atoms with Crippen LogP contribution in [0.1, 0.15) is 16.7 Å². The Hall–Kier alpha value is -3.25. The Morgan fingerprint density at radius 1 is 1.14 bits per heavy atom. The standard InChI is InChI=1S/C22H20FN5/c1-13-5-4-6-18(23)22(13)28-14(2)9-19-21(26-28)20(25-24-19)15-7-8-16-11-27(3)12-17(16)10-15/h4-10,24H,2,11-12H2,1,3H3. The van der Waals surface area contributed by atoms with Gasteiger partial charge in [-0.05, 0) is 48.9 Å². The fourth-order valence-corrected chi connectivity index (χ4v) is 3.94. The Balaban J connectivity index is 1.66. The molecule has 0 saturated heterocycles. The quantitative estimate of drug-likeness (QED) is 0.752. The SMILES string of the molecule is C=C1C=c2[nH]nc(-c3ccc4c(c3)CN(C)C4)c2=NN1c1c(C)cccc1F. The molecule has 0 bridgehead atoms. The summed E-state index contributed by atoms with van der Waals surface area (Å²) in [6.07, 6.45) is 1.85. The maximum absolute atomic E-state index is 14.5. The molecule has 3 aromatic rings. The Kier molecular flexibility index (Phi) is 3.70. The fourth-order valence-electron chi connectivity index (χ4n) is 3.94. The van der Waals surface area contributed by atoms with Gasteiger partial charge in [0.2, 0.25) is 0 Å². The lowest BCUT2D eigenvalue weighted by Crippen LogP contribution is -2.35. The molecule has 0 unspecified atom stereocenters. The molecule has 1 aromatic heterocycles. The van der Waals surface area contributed by atoms with E-state index in [2.05, 4.69) is 46.9 Å². The molecule has 2 aliphatic rings. The number of nitrogens with zero attached hydrogens (tertiary/aromatic N) is 4. The summed E-state index contributed by atoms with van der Waals surface area (Å²) in [5.41, 5.74) is 6.21. The van der Waals surface area contributed by atoms with Gasteiger partial charge in [0.25, 0.3) is 0 Å². The Labute approximate surface area is 162 Å². The third-order valence-corrected chi connectivity index (χ3v) is 5.31. The minimum absolute atomic E-state index is 0.327. The number of halogens is 1. The molecule has 3 heterocycles. The third-order valence-electron chi connectivity index (χ3n) is 5.31. The number of fused-ring (bicyclic) bond motifs is 2. The molecule has 0 spiro atoms. The van der Waals surface area contributed by atoms with Crippen LogP contribution in [0.5, 0.6) is 0 Å². The van der Waals surface area contributed by atoms with Crippen molar-refractivity contribution in [3.8, 4) is 11.3 Å². The van der Waals surface area contributed by atoms with E-state index in [0.29, 0.717) is 16.7 Å². The summed E-state index contributed by atoms with van der Waals surface area (Å²) in [7, 11) is 2.11. The van der Waals surface area contributed by atoms with Gasteiger partial charge in [-0.3, -0.25) is 10.00 Å². The van der Waals surface area contributed by atoms with Crippen LogP contribution in [0.4, 0.5) is 10.1 Å². The van der Waals surface area contributed by atoms with Gasteiger partial charge in [0.15, 0.2) is 0 Å². The van der Waals surface area contributed by atoms with Crippen LogP contribution in [0.2, 0.25) is 0 Å². The minimum atomic E-state index is -0.327. The summed E-state index contributed by atoms with van der Waals surface area (Å²) in [5.74, 6) is -0.327. The van der Waals surface area contributed by atoms with Crippen LogP contribution in [0, 0.1) is 12.7 Å². The van der Waals surface area contributed by atoms with Gasteiger partial charge < -0.3 is 0 Å². The van der Waals surface area contributed by atoms with Gasteiger partial charge in [0.1, 0.15) is 22.6 Å². The molecule has 0 radical (unpaired) electrons. The van der Waals surface area contributed by atoms with Gasteiger partial charge in [0, 0.05) is 18.7 Å². The summed E-state index contributed by atoms with van der Waals surface area (Å²) in [6, 6.07) is 11.4. The maximum Gasteiger partial charge on any atom is 0.149 e. The number of hydrogen-bond donors (Lipinski definition) is 1. The molecule has 2 aliphatic heterocycles. The number of para-hydroxylation sites is 1. The summed E-state index contributed by atoms with van der Waals surface area (Å²) in [6.45, 7) is 7.80. The lowest BCUT2D eigenvalue weighted by molar-refractivity contribution is 0.353. The topological polar surface area (TPSA) is 47.5 Å². The second-order valence-corrected chi connectivity index (χ2v) is 7.44. The minimum Gasteiger partial charge on any atom is -0.298 e. The molecule has 0 amide bonds. The van der Waals surface area contributed by atoms with Gasteiger partial charge in [-0.2, -0.15) is 10.2 Å². The molecule has 1 N–H and O–H groups in total. The van der Waals surface area contributed by atoms with Crippen molar-refractivity contribution in [3.63, 3.8) is 0 Å². The lowest BCUT2D eigenvalue weighted by Gasteiger charge is -2.23. The van der Waals surface area contributed by atoms with Crippen LogP contribution in [-0.4, -0.2) is 22.1 Å². The van der Waals surface area contributed by atoms with Crippen LogP contribution in [0.15, 0.2) is 53.8 Å². The molecule has 28 heavy (non-hydrogen) atoms. The first kappa shape index (κ1) is 16.9. The maximum atomic E-state index is 14.5. The molecule has 5 rings (SSSR count). The average Bonchev–Trinajstić information content (AvgIpc) is 3.23. The largest absolute Gasteiger partial charge is 0.298 e. The highest BCUT2D eigenvalue weighted by Gasteiger charge is 2.21. The Bertz CT molecular complexity index is 1220. The van der Waals surface area contributed by atoms with Crippen molar-refractivity contribution in [1.29, 1.82) is 0 Å². The van der Waals surface area contributed by atoms with Crippen molar-refractivity contribution in [2.24, 2.45) is 5.10 Å². The van der Waals surface area contributed by atoms with E-state index in [-0.39, 0.29) is 5.82 Å². The van der Waals surface area contributed by atoms with Gasteiger partial charge in [-0.25, -0.2) is 9.40 Å². The molecular formula is C22H20FN5. The number of hydrogen-bond acceptors (Lipinski definition) is 4. The molecule has 0 fully saturated rings. The third kappa shape index (κ3) is 2.57. The molecule has 2 aromatic carbocycles. The monoisotopic (exact) mass is 373 g/mol. The number of H-pyrrole nitrogens is 1. The first-order valence-corrected chi connectivity index (χ1v) is 9.21. The predicted molar refractivity (Wildman–Crippen MR) is 107 cm³/mol. The van der Waals surface area contributed by atoms with E-state index in [9.17, 15) is 4.39 Å². The van der Waals surface area contributed by atoms with Gasteiger partial charge >= 0.3 is 0 Å². The Morgan fingerprint density at radius 2 is 1.96 bits per heavy atom. The van der Waals surface area contributed by atoms with E-state index < -0.39 is 0 Å². The molecule has 140 valence electrons. The summed E-state index contributed by atoms with van der Waals surface area (Å²) < 4.78 is 14.5. The molecule has 5 nitrogen and oxygen atoms in total. The van der Waals surface area contributed by atoms with E-state index in [4.69, 9.17) is 5.10 Å². The zero-order valence-corrected chi connectivity index (χ0v) is 15.8. The van der Waals surface area contributed by atoms with E-state index in [1.165, 1.54) is 17.2 Å². The number of benzene rings is 2. The van der Waals surface area contributed by atoms with Crippen LogP contribution in [0.25, 0.3) is 17.3 Å². The molecule has 0 atom stereocenters. The van der Waals surface area contributed by atoms with Crippen molar-refractivity contribution in [2.75, 3.05) is 12.1 Å². The van der Waals surface area contributed by atoms with Crippen LogP contribution in [-0.2, 0) is 13.1 Å². The first-order valence-electron chi connectivity index (χ1n) is 9.21. The smallest absolute Gasteiger partial charge is 0.149 e. The normalized spacial score (nSPS) is 15.8. The van der Waals surface area contributed by atoms with Crippen molar-refractivity contribution >= 4 is 11.8 Å². The molecule has 0 aliphatic carbocycles. The summed E-state index contributed by atoms with van der Waals surface area (Å²) >= 11 is 0. The van der Waals surface area contributed by atoms with Crippen LogP contribution < -0.4 is 15.7 Å². The zero-order valence-electron chi connectivity index (χ0n) is 15.8. The number of aryl methyl sites for hydroxylation is 1. The second-order valence-electron chi connectivity index (χ2n) is 7.44. The number of nitrogens with one attached hydrogen (secondary N) is 1. The highest BCUT2D eigenvalue weighted by Crippen LogP contribution is 2.29. The van der Waals surface area contributed by atoms with Gasteiger partial charge in [0.05, 0.1) is 11.0 Å². The average molecular weight is 373 g/mol. The van der Waals surface area contributed by atoms with Crippen LogP contribution >= 0.6 is 0 Å². The van der Waals surface area contributed by atoms with Gasteiger partial charge in [-0.1, -0.05) is 30.8 Å². The van der Waals surface area contributed by atoms with Gasteiger partial charge in [-0.15, -0.1) is 0 Å². The molecular weight excluding hydrogens is 353 g/mol. The highest BCUT2D eigenvalue weighted by atomic mass is 19.1. The first-order chi connectivity index (χ1) is 13.5. The van der Waals surface area contributed by atoms with E-state index >= 15 is 0 Å². The second kappa shape index (κ2) is 6.14. The molecule has 0 saturated carbocycles. The number of anilines is 1. The van der Waals surface area contributed by atoms with Crippen molar-refractivity contribution in [3.05, 3.63) is 81.9 Å². The van der Waals surface area contributed by atoms with E-state index in [1.807, 2.05) is 19.1 Å². The zero-order chi connectivity index (χ0) is 19.4. The van der Waals surface area contributed by atoms with Crippen molar-refractivity contribution in [1.82, 2.24) is 15.1 Å². The summed E-state index contributed by atoms with van der Waals surface area (Å²) in [4.78, 5) is 2.28. The van der Waals surface area contributed by atoms with Crippen LogP contribution in [0.3, 0.4) is 0 Å². The highest BCUT2D eigenvalue weighted by molar-refractivity contribution is 5.68. The summed E-state index contributed by atoms with van der Waals surface area (Å²) in [5, 5.41) is 15.3. The van der Waals surface area contributed by atoms with E-state index in [1.54, 1.807) is 11.1 Å². The predicted octanol–water partition coefficient (Wildman–Crippen LogP) is 2.82. The number of aromatic nitrogens is 2. The lowest BCUT2D eigenvalue weighted by atomic mass is 10.0.